The Kier molecular flexibility index (Phi) is 4.21. The highest BCUT2D eigenvalue weighted by Crippen LogP contribution is 2.18. The van der Waals surface area contributed by atoms with Crippen LogP contribution in [0.5, 0.6) is 0 Å². The first-order chi connectivity index (χ1) is 7.00. The van der Waals surface area contributed by atoms with E-state index >= 15 is 0 Å². The fourth-order valence-corrected chi connectivity index (χ4v) is 1.68. The molecule has 15 heavy (non-hydrogen) atoms. The molecule has 0 amide bonds. The van der Waals surface area contributed by atoms with Gasteiger partial charge in [0, 0.05) is 30.5 Å². The fourth-order valence-electron chi connectivity index (χ4n) is 1.68. The Bertz CT molecular complexity index is 254. The van der Waals surface area contributed by atoms with Crippen LogP contribution in [-0.2, 0) is 0 Å². The second kappa shape index (κ2) is 5.21. The lowest BCUT2D eigenvalue weighted by Gasteiger charge is -2.24. The first-order valence-corrected chi connectivity index (χ1v) is 5.55. The van der Waals surface area contributed by atoms with Crippen LogP contribution in [0.4, 0.5) is 0 Å². The molecule has 1 rings (SSSR count). The van der Waals surface area contributed by atoms with Gasteiger partial charge in [-0.1, -0.05) is 6.58 Å². The Hall–Kier alpha value is -0.960. The molecule has 0 atom stereocenters. The molecule has 1 aliphatic heterocycles. The highest BCUT2D eigenvalue weighted by molar-refractivity contribution is 5.28. The van der Waals surface area contributed by atoms with Crippen LogP contribution in [0.2, 0.25) is 0 Å². The molecule has 0 bridgehead atoms. The zero-order valence-corrected chi connectivity index (χ0v) is 10.4. The lowest BCUT2D eigenvalue weighted by molar-refractivity contribution is 0.325. The molecule has 1 heterocycles. The van der Waals surface area contributed by atoms with Crippen molar-refractivity contribution in [2.24, 2.45) is 0 Å². The molecular weight excluding hydrogens is 186 g/mol. The normalized spacial score (nSPS) is 16.5. The van der Waals surface area contributed by atoms with Crippen molar-refractivity contribution < 1.29 is 0 Å². The van der Waals surface area contributed by atoms with Crippen molar-refractivity contribution in [1.29, 1.82) is 0 Å². The van der Waals surface area contributed by atoms with Crippen LogP contribution < -0.4 is 5.32 Å². The van der Waals surface area contributed by atoms with Crippen molar-refractivity contribution >= 4 is 0 Å². The topological polar surface area (TPSA) is 18.5 Å². The maximum absolute atomic E-state index is 4.05. The number of hydrogen-bond donors (Lipinski definition) is 1. The van der Waals surface area contributed by atoms with Crippen molar-refractivity contribution in [3.63, 3.8) is 0 Å². The number of hydrogen-bond acceptors (Lipinski definition) is 3. The van der Waals surface area contributed by atoms with Crippen molar-refractivity contribution in [1.82, 2.24) is 15.1 Å². The Labute approximate surface area is 93.4 Å². The lowest BCUT2D eigenvalue weighted by atomic mass is 10.3. The predicted octanol–water partition coefficient (Wildman–Crippen LogP) is 1.26. The highest BCUT2D eigenvalue weighted by atomic mass is 15.2. The fraction of sp³-hybridized carbons (Fsp3) is 0.667. The van der Waals surface area contributed by atoms with E-state index in [1.54, 1.807) is 0 Å². The monoisotopic (exact) mass is 209 g/mol. The minimum atomic E-state index is 0.530. The van der Waals surface area contributed by atoms with Gasteiger partial charge in [-0.15, -0.1) is 0 Å². The van der Waals surface area contributed by atoms with E-state index in [2.05, 4.69) is 55.7 Å². The SMILES string of the molecule is C=C1C=C(NCCN(C)C)CN1C(C)C. The van der Waals surface area contributed by atoms with Gasteiger partial charge in [0.25, 0.3) is 0 Å². The summed E-state index contributed by atoms with van der Waals surface area (Å²) in [6, 6.07) is 0.530. The Morgan fingerprint density at radius 3 is 2.67 bits per heavy atom. The summed E-state index contributed by atoms with van der Waals surface area (Å²) in [5.41, 5.74) is 2.41. The molecule has 0 aromatic carbocycles. The Balaban J connectivity index is 2.34. The molecule has 0 aliphatic carbocycles. The molecule has 1 N–H and O–H groups in total. The van der Waals surface area contributed by atoms with Gasteiger partial charge in [0.2, 0.25) is 0 Å². The van der Waals surface area contributed by atoms with E-state index in [-0.39, 0.29) is 0 Å². The van der Waals surface area contributed by atoms with Gasteiger partial charge in [0.1, 0.15) is 0 Å². The molecule has 3 nitrogen and oxygen atoms in total. The van der Waals surface area contributed by atoms with E-state index in [0.717, 1.165) is 25.3 Å². The first-order valence-electron chi connectivity index (χ1n) is 5.55. The maximum Gasteiger partial charge on any atom is 0.0580 e. The van der Waals surface area contributed by atoms with Gasteiger partial charge >= 0.3 is 0 Å². The molecule has 0 unspecified atom stereocenters. The second-order valence-corrected chi connectivity index (χ2v) is 4.61. The summed E-state index contributed by atoms with van der Waals surface area (Å²) in [5, 5.41) is 3.45. The summed E-state index contributed by atoms with van der Waals surface area (Å²) < 4.78 is 0. The van der Waals surface area contributed by atoms with E-state index < -0.39 is 0 Å². The second-order valence-electron chi connectivity index (χ2n) is 4.61. The Morgan fingerprint density at radius 2 is 2.20 bits per heavy atom. The molecule has 0 saturated carbocycles. The van der Waals surface area contributed by atoms with Crippen LogP contribution in [0, 0.1) is 0 Å². The van der Waals surface area contributed by atoms with Crippen molar-refractivity contribution in [3.05, 3.63) is 24.0 Å². The summed E-state index contributed by atoms with van der Waals surface area (Å²) in [4.78, 5) is 4.48. The van der Waals surface area contributed by atoms with Crippen molar-refractivity contribution in [2.75, 3.05) is 33.7 Å². The van der Waals surface area contributed by atoms with E-state index in [0.29, 0.717) is 6.04 Å². The van der Waals surface area contributed by atoms with Gasteiger partial charge in [-0.25, -0.2) is 0 Å². The van der Waals surface area contributed by atoms with Crippen LogP contribution in [0.3, 0.4) is 0 Å². The third-order valence-electron chi connectivity index (χ3n) is 2.58. The Morgan fingerprint density at radius 1 is 1.53 bits per heavy atom. The van der Waals surface area contributed by atoms with Crippen molar-refractivity contribution in [2.45, 2.75) is 19.9 Å². The zero-order chi connectivity index (χ0) is 11.4. The summed E-state index contributed by atoms with van der Waals surface area (Å²) in [6.45, 7) is 11.5. The minimum Gasteiger partial charge on any atom is -0.386 e. The summed E-state index contributed by atoms with van der Waals surface area (Å²) >= 11 is 0. The van der Waals surface area contributed by atoms with E-state index in [4.69, 9.17) is 0 Å². The maximum atomic E-state index is 4.05. The number of nitrogens with zero attached hydrogens (tertiary/aromatic N) is 2. The molecule has 86 valence electrons. The first kappa shape index (κ1) is 12.1. The number of nitrogens with one attached hydrogen (secondary N) is 1. The predicted molar refractivity (Wildman–Crippen MR) is 65.6 cm³/mol. The highest BCUT2D eigenvalue weighted by Gasteiger charge is 2.18. The van der Waals surface area contributed by atoms with Gasteiger partial charge in [0.15, 0.2) is 0 Å². The van der Waals surface area contributed by atoms with Crippen LogP contribution in [0.25, 0.3) is 0 Å². The average Bonchev–Trinajstić information content (AvgIpc) is 2.46. The summed E-state index contributed by atoms with van der Waals surface area (Å²) in [6.07, 6.45) is 2.15. The molecule has 1 aliphatic rings. The number of allylic oxidation sites excluding steroid dienone is 1. The summed E-state index contributed by atoms with van der Waals surface area (Å²) in [7, 11) is 4.17. The van der Waals surface area contributed by atoms with Gasteiger partial charge in [0.05, 0.1) is 6.54 Å². The van der Waals surface area contributed by atoms with E-state index in [1.807, 2.05) is 0 Å². The van der Waals surface area contributed by atoms with Crippen molar-refractivity contribution in [3.8, 4) is 0 Å². The third-order valence-corrected chi connectivity index (χ3v) is 2.58. The van der Waals surface area contributed by atoms with Crippen LogP contribution >= 0.6 is 0 Å². The van der Waals surface area contributed by atoms with E-state index in [9.17, 15) is 0 Å². The minimum absolute atomic E-state index is 0.530. The van der Waals surface area contributed by atoms with Gasteiger partial charge < -0.3 is 15.1 Å². The zero-order valence-electron chi connectivity index (χ0n) is 10.4. The molecule has 0 aromatic rings. The molecule has 0 radical (unpaired) electrons. The van der Waals surface area contributed by atoms with Gasteiger partial charge in [-0.3, -0.25) is 0 Å². The smallest absolute Gasteiger partial charge is 0.0580 e. The molecule has 0 spiro atoms. The number of likely N-dealkylation sites (N-methyl/N-ethyl adjacent to an activating group) is 1. The third kappa shape index (κ3) is 3.59. The molecule has 0 aromatic heterocycles. The van der Waals surface area contributed by atoms with Crippen LogP contribution in [-0.4, -0.2) is 49.6 Å². The quantitative estimate of drug-likeness (QED) is 0.735. The van der Waals surface area contributed by atoms with E-state index in [1.165, 1.54) is 5.70 Å². The standard InChI is InChI=1S/C12H23N3/c1-10(2)15-9-12(8-11(15)3)13-6-7-14(4)5/h8,10,13H,3,6-7,9H2,1-2,4-5H3. The molecule has 0 saturated heterocycles. The largest absolute Gasteiger partial charge is 0.386 e. The molecular formula is C12H23N3. The van der Waals surface area contributed by atoms with Gasteiger partial charge in [-0.2, -0.15) is 0 Å². The van der Waals surface area contributed by atoms with Gasteiger partial charge in [-0.05, 0) is 34.0 Å². The van der Waals surface area contributed by atoms with Crippen LogP contribution in [0.15, 0.2) is 24.0 Å². The summed E-state index contributed by atoms with van der Waals surface area (Å²) in [5.74, 6) is 0. The molecule has 0 fully saturated rings. The van der Waals surface area contributed by atoms with Crippen LogP contribution in [0.1, 0.15) is 13.8 Å². The number of rotatable bonds is 5. The molecule has 3 heteroatoms. The average molecular weight is 209 g/mol. The lowest BCUT2D eigenvalue weighted by Crippen LogP contribution is -2.31.